The monoisotopic (exact) mass is 302 g/mol. The molecule has 0 aliphatic heterocycles. The molecule has 0 saturated carbocycles. The molecular weight excluding hydrogens is 263 g/mol. The maximum atomic E-state index is 6.41. The second-order valence-corrected chi connectivity index (χ2v) is 11.5. The van der Waals surface area contributed by atoms with Crippen molar-refractivity contribution in [2.24, 2.45) is 22.3 Å². The van der Waals surface area contributed by atoms with Crippen molar-refractivity contribution in [1.82, 2.24) is 0 Å². The normalized spacial score (nSPS) is 16.9. The fraction of sp³-hybridized carbons (Fsp3) is 1.00. The number of hydrogen-bond acceptors (Lipinski definition) is 2. The molecule has 0 spiro atoms. The molecule has 0 aliphatic carbocycles. The van der Waals surface area contributed by atoms with Gasteiger partial charge in [-0.25, -0.2) is 0 Å². The van der Waals surface area contributed by atoms with Gasteiger partial charge in [0.15, 0.2) is 0 Å². The van der Waals surface area contributed by atoms with Gasteiger partial charge in [0.1, 0.15) is 0 Å². The van der Waals surface area contributed by atoms with E-state index in [-0.39, 0.29) is 16.4 Å². The Morgan fingerprint density at radius 3 is 1.70 bits per heavy atom. The van der Waals surface area contributed by atoms with Crippen LogP contribution >= 0.6 is 8.58 Å². The van der Waals surface area contributed by atoms with Crippen LogP contribution in [0.25, 0.3) is 0 Å². The molecule has 0 aromatic heterocycles. The van der Waals surface area contributed by atoms with Crippen LogP contribution in [-0.4, -0.2) is 16.5 Å². The van der Waals surface area contributed by atoms with Gasteiger partial charge in [-0.1, -0.05) is 56.5 Å². The molecule has 0 aliphatic rings. The summed E-state index contributed by atoms with van der Waals surface area (Å²) in [6, 6.07) is 0. The molecule has 3 heteroatoms. The highest BCUT2D eigenvalue weighted by Crippen LogP contribution is 2.49. The van der Waals surface area contributed by atoms with Crippen molar-refractivity contribution in [3.05, 3.63) is 0 Å². The largest absolute Gasteiger partial charge is 0.325 e. The lowest BCUT2D eigenvalue weighted by atomic mass is 9.57. The summed E-state index contributed by atoms with van der Waals surface area (Å²) < 4.78 is 0. The zero-order valence-corrected chi connectivity index (χ0v) is 16.4. The highest BCUT2D eigenvalue weighted by atomic mass is 31.1. The maximum Gasteiger partial charge on any atom is 0.0190 e. The molecule has 20 heavy (non-hydrogen) atoms. The van der Waals surface area contributed by atoms with Crippen LogP contribution in [0.1, 0.15) is 81.6 Å². The van der Waals surface area contributed by atoms with Crippen molar-refractivity contribution in [2.75, 3.05) is 0 Å². The summed E-state index contributed by atoms with van der Waals surface area (Å²) in [6.07, 6.45) is 3.71. The molecule has 2 atom stereocenters. The SMILES string of the molecule is CC(N)PC(C)(C)CCCC(C)(C)C(C)(C)C(C)(C)N. The predicted octanol–water partition coefficient (Wildman–Crippen LogP) is 4.71. The van der Waals surface area contributed by atoms with E-state index in [1.165, 1.54) is 19.3 Å². The highest BCUT2D eigenvalue weighted by molar-refractivity contribution is 7.40. The van der Waals surface area contributed by atoms with Crippen molar-refractivity contribution in [3.8, 4) is 0 Å². The van der Waals surface area contributed by atoms with Crippen molar-refractivity contribution in [1.29, 1.82) is 0 Å². The first-order valence-corrected chi connectivity index (χ1v) is 9.02. The van der Waals surface area contributed by atoms with Crippen LogP contribution in [0.15, 0.2) is 0 Å². The fourth-order valence-corrected chi connectivity index (χ4v) is 4.40. The Morgan fingerprint density at radius 1 is 0.900 bits per heavy atom. The minimum atomic E-state index is -0.167. The third-order valence-corrected chi connectivity index (χ3v) is 7.01. The Morgan fingerprint density at radius 2 is 1.35 bits per heavy atom. The van der Waals surface area contributed by atoms with Gasteiger partial charge in [0.25, 0.3) is 0 Å². The molecular formula is C17H39N2P. The highest BCUT2D eigenvalue weighted by Gasteiger charge is 2.45. The summed E-state index contributed by atoms with van der Waals surface area (Å²) >= 11 is 0. The summed E-state index contributed by atoms with van der Waals surface area (Å²) in [6.45, 7) is 20.4. The molecule has 0 rings (SSSR count). The quantitative estimate of drug-likeness (QED) is 0.638. The minimum absolute atomic E-state index is 0.105. The number of nitrogens with two attached hydrogens (primary N) is 2. The molecule has 0 aromatic carbocycles. The molecule has 0 heterocycles. The lowest BCUT2D eigenvalue weighted by Gasteiger charge is -2.51. The van der Waals surface area contributed by atoms with Gasteiger partial charge >= 0.3 is 0 Å². The first-order chi connectivity index (χ1) is 8.62. The van der Waals surface area contributed by atoms with Gasteiger partial charge < -0.3 is 11.5 Å². The first-order valence-electron chi connectivity index (χ1n) is 7.95. The van der Waals surface area contributed by atoms with Crippen molar-refractivity contribution in [2.45, 2.75) is 98.1 Å². The molecule has 4 N–H and O–H groups in total. The number of rotatable bonds is 8. The standard InChI is InChI=1S/C17H39N2P/c1-13(18)20-15(4,5)12-10-11-14(2,3)16(6,7)17(8,9)19/h13,20H,10-12,18-19H2,1-9H3. The molecule has 0 amide bonds. The van der Waals surface area contributed by atoms with Gasteiger partial charge in [0.2, 0.25) is 0 Å². The molecule has 122 valence electrons. The Kier molecular flexibility index (Phi) is 6.75. The second kappa shape index (κ2) is 6.63. The molecule has 2 nitrogen and oxygen atoms in total. The molecule has 0 radical (unpaired) electrons. The van der Waals surface area contributed by atoms with Crippen LogP contribution in [0, 0.1) is 10.8 Å². The predicted molar refractivity (Wildman–Crippen MR) is 95.7 cm³/mol. The Balaban J connectivity index is 4.59. The van der Waals surface area contributed by atoms with Gasteiger partial charge in [-0.05, 0) is 49.6 Å². The van der Waals surface area contributed by atoms with Crippen LogP contribution in [0.4, 0.5) is 0 Å². The van der Waals surface area contributed by atoms with E-state index >= 15 is 0 Å². The van der Waals surface area contributed by atoms with E-state index in [2.05, 4.69) is 62.3 Å². The molecule has 2 unspecified atom stereocenters. The molecule has 0 bridgehead atoms. The Bertz CT molecular complexity index is 299. The van der Waals surface area contributed by atoms with Crippen LogP contribution < -0.4 is 11.5 Å². The van der Waals surface area contributed by atoms with Gasteiger partial charge in [0.05, 0.1) is 0 Å². The van der Waals surface area contributed by atoms with Crippen molar-refractivity contribution in [3.63, 3.8) is 0 Å². The average Bonchev–Trinajstić information content (AvgIpc) is 2.11. The first kappa shape index (κ1) is 20.3. The second-order valence-electron chi connectivity index (χ2n) is 8.90. The smallest absolute Gasteiger partial charge is 0.0190 e. The van der Waals surface area contributed by atoms with Crippen LogP contribution in [0.2, 0.25) is 0 Å². The lowest BCUT2D eigenvalue weighted by Crippen LogP contribution is -2.54. The van der Waals surface area contributed by atoms with E-state index in [1.54, 1.807) is 0 Å². The fourth-order valence-electron chi connectivity index (χ4n) is 2.85. The third-order valence-electron chi connectivity index (χ3n) is 5.52. The van der Waals surface area contributed by atoms with E-state index in [1.807, 2.05) is 0 Å². The molecule has 0 aromatic rings. The lowest BCUT2D eigenvalue weighted by molar-refractivity contribution is 0.0256. The van der Waals surface area contributed by atoms with Crippen LogP contribution in [0.3, 0.4) is 0 Å². The van der Waals surface area contributed by atoms with E-state index in [0.717, 1.165) is 8.58 Å². The average molecular weight is 302 g/mol. The van der Waals surface area contributed by atoms with Crippen LogP contribution in [-0.2, 0) is 0 Å². The van der Waals surface area contributed by atoms with Gasteiger partial charge in [-0.2, -0.15) is 0 Å². The molecule has 0 saturated heterocycles. The van der Waals surface area contributed by atoms with E-state index < -0.39 is 0 Å². The topological polar surface area (TPSA) is 52.0 Å². The van der Waals surface area contributed by atoms with Gasteiger partial charge in [-0.3, -0.25) is 0 Å². The van der Waals surface area contributed by atoms with Crippen molar-refractivity contribution < 1.29 is 0 Å². The van der Waals surface area contributed by atoms with Crippen molar-refractivity contribution >= 4 is 8.58 Å². The summed E-state index contributed by atoms with van der Waals surface area (Å²) in [4.78, 5) is 0. The van der Waals surface area contributed by atoms with Gasteiger partial charge in [-0.15, -0.1) is 0 Å². The Hall–Kier alpha value is 0.350. The summed E-state index contributed by atoms with van der Waals surface area (Å²) in [5.74, 6) is 0.317. The van der Waals surface area contributed by atoms with E-state index in [9.17, 15) is 0 Å². The Labute approximate surface area is 129 Å². The summed E-state index contributed by atoms with van der Waals surface area (Å²) in [5.41, 5.74) is 12.5. The minimum Gasteiger partial charge on any atom is -0.325 e. The summed E-state index contributed by atoms with van der Waals surface area (Å²) in [7, 11) is 0.837. The van der Waals surface area contributed by atoms with E-state index in [0.29, 0.717) is 10.9 Å². The maximum absolute atomic E-state index is 6.41. The zero-order valence-electron chi connectivity index (χ0n) is 15.4. The van der Waals surface area contributed by atoms with Crippen LogP contribution in [0.5, 0.6) is 0 Å². The summed E-state index contributed by atoms with van der Waals surface area (Å²) in [5, 5.41) is 0.368. The van der Waals surface area contributed by atoms with E-state index in [4.69, 9.17) is 11.5 Å². The van der Waals surface area contributed by atoms with Gasteiger partial charge in [0, 0.05) is 11.3 Å². The zero-order chi connectivity index (χ0) is 16.4. The number of hydrogen-bond donors (Lipinski definition) is 2. The third kappa shape index (κ3) is 5.62. The molecule has 0 fully saturated rings.